The van der Waals surface area contributed by atoms with Gasteiger partial charge in [-0.3, -0.25) is 14.5 Å². The molecule has 23 heavy (non-hydrogen) atoms. The molecule has 0 aromatic heterocycles. The summed E-state index contributed by atoms with van der Waals surface area (Å²) in [4.78, 5) is 28.2. The van der Waals surface area contributed by atoms with Crippen LogP contribution >= 0.6 is 0 Å². The van der Waals surface area contributed by atoms with Crippen molar-refractivity contribution in [1.29, 1.82) is 0 Å². The number of imide groups is 1. The molecular weight excluding hydrogens is 295 g/mol. The molecule has 1 aromatic carbocycles. The lowest BCUT2D eigenvalue weighted by Crippen LogP contribution is -2.37. The Balaban J connectivity index is 1.54. The van der Waals surface area contributed by atoms with Crippen LogP contribution < -0.4 is 0 Å². The van der Waals surface area contributed by atoms with Crippen LogP contribution in [-0.2, 0) is 16.1 Å². The predicted octanol–water partition coefficient (Wildman–Crippen LogP) is 2.21. The fraction of sp³-hybridized carbons (Fsp3) is 0.444. The van der Waals surface area contributed by atoms with Gasteiger partial charge in [-0.25, -0.2) is 4.39 Å². The molecule has 0 saturated carbocycles. The fourth-order valence-electron chi connectivity index (χ4n) is 3.34. The number of rotatable bonds is 5. The van der Waals surface area contributed by atoms with Gasteiger partial charge in [-0.15, -0.1) is 0 Å². The van der Waals surface area contributed by atoms with Crippen LogP contribution in [-0.4, -0.2) is 41.8 Å². The third-order valence-electron chi connectivity index (χ3n) is 4.67. The van der Waals surface area contributed by atoms with Crippen LogP contribution in [0.3, 0.4) is 0 Å². The molecule has 0 spiro atoms. The second-order valence-electron chi connectivity index (χ2n) is 6.35. The molecule has 5 heteroatoms. The lowest BCUT2D eigenvalue weighted by molar-refractivity contribution is -0.140. The summed E-state index contributed by atoms with van der Waals surface area (Å²) in [7, 11) is 1.93. The largest absolute Gasteiger partial charge is 0.300 e. The van der Waals surface area contributed by atoms with Crippen molar-refractivity contribution in [2.45, 2.75) is 19.4 Å². The Bertz CT molecular complexity index is 600. The second kappa shape index (κ2) is 6.62. The zero-order chi connectivity index (χ0) is 16.4. The van der Waals surface area contributed by atoms with Crippen LogP contribution in [0, 0.1) is 17.7 Å². The van der Waals surface area contributed by atoms with Gasteiger partial charge >= 0.3 is 0 Å². The summed E-state index contributed by atoms with van der Waals surface area (Å²) in [6.45, 7) is 1.69. The highest BCUT2D eigenvalue weighted by molar-refractivity contribution is 6.05. The predicted molar refractivity (Wildman–Crippen MR) is 84.8 cm³/mol. The first-order valence-corrected chi connectivity index (χ1v) is 7.99. The Labute approximate surface area is 135 Å². The first-order chi connectivity index (χ1) is 11.1. The van der Waals surface area contributed by atoms with Gasteiger partial charge in [0.15, 0.2) is 0 Å². The summed E-state index contributed by atoms with van der Waals surface area (Å²) in [6.07, 6.45) is 5.35. The number of nitrogens with zero attached hydrogens (tertiary/aromatic N) is 2. The number of carbonyl (C=O) groups is 2. The van der Waals surface area contributed by atoms with Crippen LogP contribution in [0.4, 0.5) is 4.39 Å². The minimum Gasteiger partial charge on any atom is -0.300 e. The Morgan fingerprint density at radius 3 is 2.22 bits per heavy atom. The fourth-order valence-corrected chi connectivity index (χ4v) is 3.34. The molecule has 4 nitrogen and oxygen atoms in total. The van der Waals surface area contributed by atoms with Crippen LogP contribution in [0.25, 0.3) is 0 Å². The summed E-state index contributed by atoms with van der Waals surface area (Å²) in [6, 6.07) is 6.37. The molecule has 1 fully saturated rings. The summed E-state index contributed by atoms with van der Waals surface area (Å²) < 4.78 is 12.9. The number of allylic oxidation sites excluding steroid dienone is 2. The van der Waals surface area contributed by atoms with E-state index in [1.54, 1.807) is 12.1 Å². The second-order valence-corrected chi connectivity index (χ2v) is 6.35. The van der Waals surface area contributed by atoms with E-state index < -0.39 is 0 Å². The molecule has 2 atom stereocenters. The van der Waals surface area contributed by atoms with Crippen LogP contribution in [0.5, 0.6) is 0 Å². The first-order valence-electron chi connectivity index (χ1n) is 7.99. The number of fused-ring (bicyclic) bond motifs is 1. The zero-order valence-corrected chi connectivity index (χ0v) is 13.2. The van der Waals surface area contributed by atoms with E-state index in [-0.39, 0.29) is 29.5 Å². The lowest BCUT2D eigenvalue weighted by Gasteiger charge is -2.21. The highest BCUT2D eigenvalue weighted by atomic mass is 19.1. The number of likely N-dealkylation sites (tertiary alicyclic amines) is 1. The van der Waals surface area contributed by atoms with Crippen LogP contribution in [0.15, 0.2) is 36.4 Å². The van der Waals surface area contributed by atoms with Crippen LogP contribution in [0.1, 0.15) is 18.4 Å². The molecule has 1 heterocycles. The van der Waals surface area contributed by atoms with E-state index in [0.29, 0.717) is 32.5 Å². The molecule has 122 valence electrons. The Kier molecular flexibility index (Phi) is 4.57. The van der Waals surface area contributed by atoms with Crippen molar-refractivity contribution in [3.8, 4) is 0 Å². The van der Waals surface area contributed by atoms with Crippen molar-refractivity contribution in [2.24, 2.45) is 11.8 Å². The average molecular weight is 316 g/mol. The average Bonchev–Trinajstić information content (AvgIpc) is 2.80. The van der Waals surface area contributed by atoms with Gasteiger partial charge in [0.25, 0.3) is 0 Å². The van der Waals surface area contributed by atoms with Gasteiger partial charge in [-0.1, -0.05) is 24.3 Å². The van der Waals surface area contributed by atoms with Gasteiger partial charge in [0.1, 0.15) is 5.82 Å². The van der Waals surface area contributed by atoms with Gasteiger partial charge in [0.2, 0.25) is 11.8 Å². The van der Waals surface area contributed by atoms with Crippen molar-refractivity contribution in [2.75, 3.05) is 20.1 Å². The quantitative estimate of drug-likeness (QED) is 0.618. The molecule has 1 aliphatic heterocycles. The molecule has 2 unspecified atom stereocenters. The maximum absolute atomic E-state index is 12.9. The van der Waals surface area contributed by atoms with Gasteiger partial charge in [0.05, 0.1) is 11.8 Å². The third kappa shape index (κ3) is 3.34. The number of likely N-dealkylation sites (N-methyl/N-ethyl adjacent to an activating group) is 1. The van der Waals surface area contributed by atoms with E-state index in [0.717, 1.165) is 5.56 Å². The number of amides is 2. The van der Waals surface area contributed by atoms with Crippen molar-refractivity contribution in [3.05, 3.63) is 47.8 Å². The highest BCUT2D eigenvalue weighted by Gasteiger charge is 2.46. The molecule has 1 saturated heterocycles. The third-order valence-corrected chi connectivity index (χ3v) is 4.67. The monoisotopic (exact) mass is 316 g/mol. The Hall–Kier alpha value is -2.01. The van der Waals surface area contributed by atoms with Crippen LogP contribution in [0.2, 0.25) is 0 Å². The topological polar surface area (TPSA) is 40.6 Å². The zero-order valence-electron chi connectivity index (χ0n) is 13.2. The lowest BCUT2D eigenvalue weighted by atomic mass is 9.85. The van der Waals surface area contributed by atoms with Gasteiger partial charge in [-0.05, 0) is 37.6 Å². The van der Waals surface area contributed by atoms with Crippen molar-refractivity contribution < 1.29 is 14.0 Å². The standard InChI is InChI=1S/C18H21FN2O2/c1-20(12-13-6-8-14(19)9-7-13)10-11-21-17(22)15-4-2-3-5-16(15)18(21)23/h2-3,6-9,15-16H,4-5,10-12H2,1H3. The number of halogens is 1. The summed E-state index contributed by atoms with van der Waals surface area (Å²) in [5, 5.41) is 0. The number of hydrogen-bond donors (Lipinski definition) is 0. The maximum atomic E-state index is 12.9. The van der Waals surface area contributed by atoms with E-state index >= 15 is 0 Å². The Morgan fingerprint density at radius 1 is 1.09 bits per heavy atom. The minimum absolute atomic E-state index is 0.0282. The van der Waals surface area contributed by atoms with Gasteiger partial charge in [-0.2, -0.15) is 0 Å². The van der Waals surface area contributed by atoms with E-state index in [1.165, 1.54) is 17.0 Å². The maximum Gasteiger partial charge on any atom is 0.233 e. The molecule has 0 radical (unpaired) electrons. The van der Waals surface area contributed by atoms with Gasteiger partial charge in [0, 0.05) is 19.6 Å². The van der Waals surface area contributed by atoms with Crippen molar-refractivity contribution in [1.82, 2.24) is 9.80 Å². The van der Waals surface area contributed by atoms with E-state index in [4.69, 9.17) is 0 Å². The van der Waals surface area contributed by atoms with E-state index in [1.807, 2.05) is 24.1 Å². The Morgan fingerprint density at radius 2 is 1.65 bits per heavy atom. The van der Waals surface area contributed by atoms with Crippen molar-refractivity contribution in [3.63, 3.8) is 0 Å². The SMILES string of the molecule is CN(CCN1C(=O)C2CC=CCC2C1=O)Cc1ccc(F)cc1. The molecule has 2 aliphatic rings. The minimum atomic E-state index is -0.249. The number of benzene rings is 1. The molecular formula is C18H21FN2O2. The number of hydrogen-bond acceptors (Lipinski definition) is 3. The molecule has 1 aromatic rings. The number of carbonyl (C=O) groups excluding carboxylic acids is 2. The molecule has 2 amide bonds. The van der Waals surface area contributed by atoms with E-state index in [2.05, 4.69) is 0 Å². The summed E-state index contributed by atoms with van der Waals surface area (Å²) >= 11 is 0. The highest BCUT2D eigenvalue weighted by Crippen LogP contribution is 2.34. The summed E-state index contributed by atoms with van der Waals surface area (Å²) in [5.74, 6) is -0.621. The smallest absolute Gasteiger partial charge is 0.233 e. The molecule has 1 aliphatic carbocycles. The first kappa shape index (κ1) is 15.9. The molecule has 0 bridgehead atoms. The van der Waals surface area contributed by atoms with Crippen molar-refractivity contribution >= 4 is 11.8 Å². The van der Waals surface area contributed by atoms with Gasteiger partial charge < -0.3 is 4.90 Å². The van der Waals surface area contributed by atoms with E-state index in [9.17, 15) is 14.0 Å². The molecule has 3 rings (SSSR count). The summed E-state index contributed by atoms with van der Waals surface area (Å²) in [5.41, 5.74) is 1.01. The normalized spacial score (nSPS) is 23.7. The molecule has 0 N–H and O–H groups in total.